The Morgan fingerprint density at radius 1 is 1.21 bits per heavy atom. The second-order valence-electron chi connectivity index (χ2n) is 8.39. The van der Waals surface area contributed by atoms with Gasteiger partial charge in [0.2, 0.25) is 5.91 Å². The van der Waals surface area contributed by atoms with E-state index in [2.05, 4.69) is 36.3 Å². The second kappa shape index (κ2) is 8.64. The first-order valence-electron chi connectivity index (χ1n) is 10.6. The van der Waals surface area contributed by atoms with Crippen LogP contribution >= 0.6 is 11.3 Å². The number of para-hydroxylation sites is 1. The molecular formula is C23H30N2O2S. The number of rotatable bonds is 8. The molecule has 0 saturated heterocycles. The van der Waals surface area contributed by atoms with E-state index in [9.17, 15) is 4.79 Å². The van der Waals surface area contributed by atoms with Crippen molar-refractivity contribution in [1.82, 2.24) is 9.88 Å². The van der Waals surface area contributed by atoms with Crippen molar-refractivity contribution in [2.24, 2.45) is 5.92 Å². The average Bonchev–Trinajstić information content (AvgIpc) is 3.20. The highest BCUT2D eigenvalue weighted by molar-refractivity contribution is 7.09. The van der Waals surface area contributed by atoms with Gasteiger partial charge in [-0.05, 0) is 43.2 Å². The van der Waals surface area contributed by atoms with Crippen molar-refractivity contribution in [3.05, 3.63) is 45.9 Å². The number of nitrogens with zero attached hydrogens (tertiary/aromatic N) is 2. The maximum Gasteiger partial charge on any atom is 0.226 e. The zero-order valence-corrected chi connectivity index (χ0v) is 17.7. The summed E-state index contributed by atoms with van der Waals surface area (Å²) in [5.74, 6) is 1.97. The monoisotopic (exact) mass is 398 g/mol. The van der Waals surface area contributed by atoms with E-state index in [4.69, 9.17) is 9.72 Å². The molecule has 150 valence electrons. The molecule has 2 saturated carbocycles. The summed E-state index contributed by atoms with van der Waals surface area (Å²) in [4.78, 5) is 19.8. The molecule has 0 radical (unpaired) electrons. The standard InChI is InChI=1S/C23H30N2O2S/c1-16(2)20-9-5-6-10-21(20)27-14-22-24-18(15-28-22)13-25(19-11-12-19)23(26)17-7-3-4-8-17/h5-6,9-10,15-17,19H,3-4,7-8,11-14H2,1-2H3. The molecule has 2 fully saturated rings. The van der Waals surface area contributed by atoms with Crippen LogP contribution in [0.1, 0.15) is 74.6 Å². The van der Waals surface area contributed by atoms with Crippen LogP contribution in [0.25, 0.3) is 0 Å². The third-order valence-corrected chi connectivity index (χ3v) is 6.67. The van der Waals surface area contributed by atoms with Gasteiger partial charge in [-0.15, -0.1) is 11.3 Å². The molecule has 2 aromatic rings. The lowest BCUT2D eigenvalue weighted by Crippen LogP contribution is -2.36. The molecule has 4 nitrogen and oxygen atoms in total. The Morgan fingerprint density at radius 3 is 2.68 bits per heavy atom. The van der Waals surface area contributed by atoms with E-state index in [-0.39, 0.29) is 5.92 Å². The fraction of sp³-hybridized carbons (Fsp3) is 0.565. The Balaban J connectivity index is 1.38. The highest BCUT2D eigenvalue weighted by Gasteiger charge is 2.36. The van der Waals surface area contributed by atoms with Crippen molar-refractivity contribution in [3.63, 3.8) is 0 Å². The summed E-state index contributed by atoms with van der Waals surface area (Å²) in [6, 6.07) is 8.65. The van der Waals surface area contributed by atoms with Crippen molar-refractivity contribution in [2.75, 3.05) is 0 Å². The molecule has 0 unspecified atom stereocenters. The van der Waals surface area contributed by atoms with Crippen molar-refractivity contribution >= 4 is 17.2 Å². The summed E-state index contributed by atoms with van der Waals surface area (Å²) in [7, 11) is 0. The van der Waals surface area contributed by atoms with E-state index in [0.29, 0.717) is 31.0 Å². The molecule has 0 spiro atoms. The normalized spacial score (nSPS) is 17.2. The third kappa shape index (κ3) is 4.57. The van der Waals surface area contributed by atoms with Crippen molar-refractivity contribution in [3.8, 4) is 5.75 Å². The van der Waals surface area contributed by atoms with E-state index in [1.165, 1.54) is 18.4 Å². The Hall–Kier alpha value is -1.88. The van der Waals surface area contributed by atoms with E-state index in [1.54, 1.807) is 11.3 Å². The lowest BCUT2D eigenvalue weighted by molar-refractivity contribution is -0.136. The number of aromatic nitrogens is 1. The minimum atomic E-state index is 0.245. The van der Waals surface area contributed by atoms with Gasteiger partial charge >= 0.3 is 0 Å². The first kappa shape index (κ1) is 19.4. The van der Waals surface area contributed by atoms with E-state index < -0.39 is 0 Å². The number of carbonyl (C=O) groups is 1. The van der Waals surface area contributed by atoms with Gasteiger partial charge in [0.1, 0.15) is 17.4 Å². The van der Waals surface area contributed by atoms with E-state index in [0.717, 1.165) is 42.1 Å². The summed E-state index contributed by atoms with van der Waals surface area (Å²) >= 11 is 1.63. The maximum absolute atomic E-state index is 12.9. The van der Waals surface area contributed by atoms with Crippen LogP contribution < -0.4 is 4.74 Å². The zero-order chi connectivity index (χ0) is 19.5. The van der Waals surface area contributed by atoms with Crippen LogP contribution in [-0.2, 0) is 17.9 Å². The fourth-order valence-electron chi connectivity index (χ4n) is 4.07. The molecule has 28 heavy (non-hydrogen) atoms. The van der Waals surface area contributed by atoms with Crippen LogP contribution in [-0.4, -0.2) is 21.8 Å². The van der Waals surface area contributed by atoms with Gasteiger partial charge < -0.3 is 9.64 Å². The Morgan fingerprint density at radius 2 is 1.96 bits per heavy atom. The number of thiazole rings is 1. The molecule has 0 aliphatic heterocycles. The summed E-state index contributed by atoms with van der Waals surface area (Å²) in [6.45, 7) is 5.49. The smallest absolute Gasteiger partial charge is 0.226 e. The first-order chi connectivity index (χ1) is 13.6. The van der Waals surface area contributed by atoms with Gasteiger partial charge in [0.15, 0.2) is 0 Å². The summed E-state index contributed by atoms with van der Waals surface area (Å²) in [6.07, 6.45) is 6.81. The van der Waals surface area contributed by atoms with Crippen LogP contribution in [0.4, 0.5) is 0 Å². The van der Waals surface area contributed by atoms with Crippen molar-refractivity contribution in [2.45, 2.75) is 77.5 Å². The predicted octanol–water partition coefficient (Wildman–Crippen LogP) is 5.53. The quantitative estimate of drug-likeness (QED) is 0.587. The Bertz CT molecular complexity index is 806. The number of amides is 1. The third-order valence-electron chi connectivity index (χ3n) is 5.80. The topological polar surface area (TPSA) is 42.4 Å². The largest absolute Gasteiger partial charge is 0.486 e. The predicted molar refractivity (Wildman–Crippen MR) is 113 cm³/mol. The lowest BCUT2D eigenvalue weighted by atomic mass is 10.0. The van der Waals surface area contributed by atoms with Crippen LogP contribution in [0.2, 0.25) is 0 Å². The van der Waals surface area contributed by atoms with Crippen LogP contribution in [0, 0.1) is 5.92 Å². The average molecular weight is 399 g/mol. The summed E-state index contributed by atoms with van der Waals surface area (Å²) in [5.41, 5.74) is 2.22. The number of hydrogen-bond donors (Lipinski definition) is 0. The van der Waals surface area contributed by atoms with Crippen LogP contribution in [0.3, 0.4) is 0 Å². The molecule has 1 heterocycles. The molecule has 1 aromatic heterocycles. The molecule has 0 atom stereocenters. The highest BCUT2D eigenvalue weighted by Crippen LogP contribution is 2.34. The van der Waals surface area contributed by atoms with Gasteiger partial charge in [-0.1, -0.05) is 44.9 Å². The van der Waals surface area contributed by atoms with Gasteiger partial charge in [0.05, 0.1) is 12.2 Å². The fourth-order valence-corrected chi connectivity index (χ4v) is 4.77. The van der Waals surface area contributed by atoms with Crippen LogP contribution in [0.5, 0.6) is 5.75 Å². The van der Waals surface area contributed by atoms with Crippen molar-refractivity contribution < 1.29 is 9.53 Å². The van der Waals surface area contributed by atoms with Gasteiger partial charge in [-0.25, -0.2) is 4.98 Å². The molecule has 1 amide bonds. The SMILES string of the molecule is CC(C)c1ccccc1OCc1nc(CN(C(=O)C2CCCC2)C2CC2)cs1. The number of ether oxygens (including phenoxy) is 1. The highest BCUT2D eigenvalue weighted by atomic mass is 32.1. The van der Waals surface area contributed by atoms with Gasteiger partial charge in [0.25, 0.3) is 0 Å². The van der Waals surface area contributed by atoms with Gasteiger partial charge in [0, 0.05) is 17.3 Å². The molecule has 5 heteroatoms. The van der Waals surface area contributed by atoms with Crippen molar-refractivity contribution in [1.29, 1.82) is 0 Å². The zero-order valence-electron chi connectivity index (χ0n) is 16.9. The molecule has 0 bridgehead atoms. The number of hydrogen-bond acceptors (Lipinski definition) is 4. The summed E-state index contributed by atoms with van der Waals surface area (Å²) in [5, 5.41) is 3.06. The molecule has 2 aliphatic rings. The Kier molecular flexibility index (Phi) is 6.00. The molecule has 4 rings (SSSR count). The maximum atomic E-state index is 12.9. The molecule has 0 N–H and O–H groups in total. The van der Waals surface area contributed by atoms with Gasteiger partial charge in [-0.3, -0.25) is 4.79 Å². The lowest BCUT2D eigenvalue weighted by Gasteiger charge is -2.24. The molecule has 2 aliphatic carbocycles. The van der Waals surface area contributed by atoms with E-state index in [1.807, 2.05) is 12.1 Å². The molecule has 1 aromatic carbocycles. The number of carbonyl (C=O) groups excluding carboxylic acids is 1. The number of benzene rings is 1. The minimum Gasteiger partial charge on any atom is -0.486 e. The summed E-state index contributed by atoms with van der Waals surface area (Å²) < 4.78 is 6.06. The molecular weight excluding hydrogens is 368 g/mol. The Labute approximate surface area is 171 Å². The van der Waals surface area contributed by atoms with Gasteiger partial charge in [-0.2, -0.15) is 0 Å². The van der Waals surface area contributed by atoms with E-state index >= 15 is 0 Å². The minimum absolute atomic E-state index is 0.245. The second-order valence-corrected chi connectivity index (χ2v) is 9.34. The first-order valence-corrected chi connectivity index (χ1v) is 11.4. The van der Waals surface area contributed by atoms with Crippen LogP contribution in [0.15, 0.2) is 29.6 Å².